The van der Waals surface area contributed by atoms with Crippen molar-refractivity contribution in [2.24, 2.45) is 0 Å². The molecular formula is C13H27N3O. The lowest BCUT2D eigenvalue weighted by molar-refractivity contribution is -0.0802. The Balaban J connectivity index is 1.82. The summed E-state index contributed by atoms with van der Waals surface area (Å²) in [6.07, 6.45) is 1.18. The van der Waals surface area contributed by atoms with E-state index in [0.717, 1.165) is 26.3 Å². The lowest BCUT2D eigenvalue weighted by Crippen LogP contribution is -2.58. The third kappa shape index (κ3) is 3.19. The van der Waals surface area contributed by atoms with Crippen LogP contribution in [0.2, 0.25) is 0 Å². The van der Waals surface area contributed by atoms with Crippen LogP contribution in [0.5, 0.6) is 0 Å². The van der Waals surface area contributed by atoms with Crippen molar-refractivity contribution in [1.82, 2.24) is 14.9 Å². The fraction of sp³-hybridized carbons (Fsp3) is 1.00. The van der Waals surface area contributed by atoms with Crippen molar-refractivity contribution in [2.45, 2.75) is 38.8 Å². The van der Waals surface area contributed by atoms with Gasteiger partial charge in [0.15, 0.2) is 0 Å². The molecule has 2 heterocycles. The van der Waals surface area contributed by atoms with E-state index in [1.165, 1.54) is 19.5 Å². The van der Waals surface area contributed by atoms with Crippen LogP contribution in [0.1, 0.15) is 27.2 Å². The molecule has 0 aromatic rings. The van der Waals surface area contributed by atoms with Crippen molar-refractivity contribution in [3.8, 4) is 0 Å². The highest BCUT2D eigenvalue weighted by Gasteiger charge is 2.30. The first kappa shape index (κ1) is 13.3. The first-order valence-electron chi connectivity index (χ1n) is 6.79. The number of likely N-dealkylation sites (N-methyl/N-ethyl adjacent to an activating group) is 1. The molecule has 0 N–H and O–H groups in total. The molecule has 100 valence electrons. The van der Waals surface area contributed by atoms with E-state index in [-0.39, 0.29) is 0 Å². The molecule has 0 saturated carbocycles. The average molecular weight is 241 g/mol. The molecule has 0 radical (unpaired) electrons. The van der Waals surface area contributed by atoms with Crippen LogP contribution in [0.4, 0.5) is 0 Å². The van der Waals surface area contributed by atoms with Gasteiger partial charge in [0.05, 0.1) is 6.61 Å². The zero-order valence-corrected chi connectivity index (χ0v) is 11.8. The molecule has 2 aliphatic heterocycles. The topological polar surface area (TPSA) is 19.0 Å². The smallest absolute Gasteiger partial charge is 0.0636 e. The molecule has 1 atom stereocenters. The second-order valence-electron chi connectivity index (χ2n) is 6.20. The van der Waals surface area contributed by atoms with E-state index in [1.54, 1.807) is 0 Å². The largest absolute Gasteiger partial charge is 0.380 e. The Morgan fingerprint density at radius 1 is 1.12 bits per heavy atom. The predicted octanol–water partition coefficient (Wildman–Crippen LogP) is 1.04. The van der Waals surface area contributed by atoms with Gasteiger partial charge in [-0.15, -0.1) is 0 Å². The summed E-state index contributed by atoms with van der Waals surface area (Å²) in [5.74, 6) is 0. The van der Waals surface area contributed by atoms with Gasteiger partial charge < -0.3 is 4.74 Å². The number of piperazine rings is 1. The molecule has 2 rings (SSSR count). The zero-order valence-electron chi connectivity index (χ0n) is 11.8. The number of nitrogens with zero attached hydrogens (tertiary/aromatic N) is 3. The van der Waals surface area contributed by atoms with E-state index in [2.05, 4.69) is 42.7 Å². The molecule has 0 spiro atoms. The summed E-state index contributed by atoms with van der Waals surface area (Å²) in [6.45, 7) is 13.4. The van der Waals surface area contributed by atoms with E-state index in [9.17, 15) is 0 Å². The van der Waals surface area contributed by atoms with Gasteiger partial charge in [0.2, 0.25) is 0 Å². The normalized spacial score (nSPS) is 29.1. The lowest BCUT2D eigenvalue weighted by atomic mass is 10.1. The number of hydrogen-bond acceptors (Lipinski definition) is 4. The number of hydrazine groups is 1. The SMILES string of the molecule is CN([C@@H]1CCOC1)N1CCN(C(C)(C)C)CC1. The molecule has 2 saturated heterocycles. The van der Waals surface area contributed by atoms with Crippen molar-refractivity contribution in [2.75, 3.05) is 46.4 Å². The Morgan fingerprint density at radius 3 is 2.24 bits per heavy atom. The minimum atomic E-state index is 0.307. The van der Waals surface area contributed by atoms with E-state index < -0.39 is 0 Å². The van der Waals surface area contributed by atoms with Crippen LogP contribution in [-0.2, 0) is 4.74 Å². The van der Waals surface area contributed by atoms with Gasteiger partial charge in [-0.25, -0.2) is 10.0 Å². The molecule has 17 heavy (non-hydrogen) atoms. The molecule has 0 aromatic heterocycles. The number of hydrogen-bond donors (Lipinski definition) is 0. The number of ether oxygens (including phenoxy) is 1. The van der Waals surface area contributed by atoms with Crippen LogP contribution >= 0.6 is 0 Å². The van der Waals surface area contributed by atoms with Gasteiger partial charge in [-0.05, 0) is 27.2 Å². The third-order valence-corrected chi connectivity index (χ3v) is 4.08. The Morgan fingerprint density at radius 2 is 1.76 bits per heavy atom. The Bertz CT molecular complexity index is 238. The minimum Gasteiger partial charge on any atom is -0.380 e. The van der Waals surface area contributed by atoms with Gasteiger partial charge in [0, 0.05) is 51.4 Å². The molecule has 0 bridgehead atoms. The van der Waals surface area contributed by atoms with Gasteiger partial charge in [-0.3, -0.25) is 4.90 Å². The highest BCUT2D eigenvalue weighted by Crippen LogP contribution is 2.19. The van der Waals surface area contributed by atoms with Gasteiger partial charge in [-0.1, -0.05) is 0 Å². The summed E-state index contributed by atoms with van der Waals surface area (Å²) in [7, 11) is 2.21. The average Bonchev–Trinajstić information content (AvgIpc) is 2.80. The maximum atomic E-state index is 5.47. The lowest BCUT2D eigenvalue weighted by Gasteiger charge is -2.45. The fourth-order valence-corrected chi connectivity index (χ4v) is 2.73. The van der Waals surface area contributed by atoms with Crippen molar-refractivity contribution in [3.63, 3.8) is 0 Å². The second-order valence-corrected chi connectivity index (χ2v) is 6.20. The van der Waals surface area contributed by atoms with Crippen molar-refractivity contribution >= 4 is 0 Å². The quantitative estimate of drug-likeness (QED) is 0.719. The monoisotopic (exact) mass is 241 g/mol. The highest BCUT2D eigenvalue weighted by atomic mass is 16.5. The minimum absolute atomic E-state index is 0.307. The van der Waals surface area contributed by atoms with Crippen LogP contribution in [0.25, 0.3) is 0 Å². The molecule has 0 amide bonds. The molecule has 4 heteroatoms. The summed E-state index contributed by atoms with van der Waals surface area (Å²) in [5.41, 5.74) is 0.307. The Hall–Kier alpha value is -0.160. The molecule has 0 aliphatic carbocycles. The van der Waals surface area contributed by atoms with Crippen molar-refractivity contribution < 1.29 is 4.74 Å². The molecule has 2 fully saturated rings. The predicted molar refractivity (Wildman–Crippen MR) is 69.9 cm³/mol. The fourth-order valence-electron chi connectivity index (χ4n) is 2.73. The second kappa shape index (κ2) is 5.22. The maximum absolute atomic E-state index is 5.47. The van der Waals surface area contributed by atoms with Crippen LogP contribution in [0.15, 0.2) is 0 Å². The summed E-state index contributed by atoms with van der Waals surface area (Å²) in [4.78, 5) is 2.57. The van der Waals surface area contributed by atoms with Crippen LogP contribution in [0, 0.1) is 0 Å². The third-order valence-electron chi connectivity index (χ3n) is 4.08. The first-order chi connectivity index (χ1) is 7.98. The molecular weight excluding hydrogens is 214 g/mol. The molecule has 4 nitrogen and oxygen atoms in total. The van der Waals surface area contributed by atoms with Crippen molar-refractivity contribution in [3.05, 3.63) is 0 Å². The molecule has 0 aromatic carbocycles. The highest BCUT2D eigenvalue weighted by molar-refractivity contribution is 4.82. The summed E-state index contributed by atoms with van der Waals surface area (Å²) in [5, 5.41) is 4.90. The van der Waals surface area contributed by atoms with E-state index >= 15 is 0 Å². The first-order valence-corrected chi connectivity index (χ1v) is 6.79. The van der Waals surface area contributed by atoms with E-state index in [4.69, 9.17) is 4.74 Å². The van der Waals surface area contributed by atoms with Crippen LogP contribution < -0.4 is 0 Å². The standard InChI is InChI=1S/C13H27N3O/c1-13(2,3)15-6-8-16(9-7-15)14(4)12-5-10-17-11-12/h12H,5-11H2,1-4H3/t12-/m1/s1. The Kier molecular flexibility index (Phi) is 4.08. The summed E-state index contributed by atoms with van der Waals surface area (Å²) in [6, 6.07) is 0.594. The zero-order chi connectivity index (χ0) is 12.5. The maximum Gasteiger partial charge on any atom is 0.0636 e. The summed E-state index contributed by atoms with van der Waals surface area (Å²) >= 11 is 0. The molecule has 0 unspecified atom stereocenters. The van der Waals surface area contributed by atoms with E-state index in [1.807, 2.05) is 0 Å². The van der Waals surface area contributed by atoms with Gasteiger partial charge in [0.25, 0.3) is 0 Å². The van der Waals surface area contributed by atoms with Crippen LogP contribution in [0.3, 0.4) is 0 Å². The molecule has 2 aliphatic rings. The van der Waals surface area contributed by atoms with Gasteiger partial charge >= 0.3 is 0 Å². The van der Waals surface area contributed by atoms with Crippen LogP contribution in [-0.4, -0.2) is 72.9 Å². The van der Waals surface area contributed by atoms with Gasteiger partial charge in [-0.2, -0.15) is 0 Å². The van der Waals surface area contributed by atoms with Crippen molar-refractivity contribution in [1.29, 1.82) is 0 Å². The number of rotatable bonds is 2. The summed E-state index contributed by atoms with van der Waals surface area (Å²) < 4.78 is 5.47. The Labute approximate surface area is 105 Å². The van der Waals surface area contributed by atoms with Gasteiger partial charge in [0.1, 0.15) is 0 Å². The van der Waals surface area contributed by atoms with E-state index in [0.29, 0.717) is 11.6 Å².